The first kappa shape index (κ1) is 39.1. The Morgan fingerprint density at radius 2 is 1.38 bits per heavy atom. The summed E-state index contributed by atoms with van der Waals surface area (Å²) < 4.78 is 63.0. The molecule has 1 aromatic heterocycles. The topological polar surface area (TPSA) is 158 Å². The van der Waals surface area contributed by atoms with Crippen LogP contribution in [-0.2, 0) is 49.1 Å². The van der Waals surface area contributed by atoms with Gasteiger partial charge in [-0.25, -0.2) is 22.3 Å². The third-order valence-electron chi connectivity index (χ3n) is 7.95. The first-order valence-corrected chi connectivity index (χ1v) is 19.7. The van der Waals surface area contributed by atoms with Gasteiger partial charge in [-0.3, -0.25) is 9.59 Å². The van der Waals surface area contributed by atoms with Crippen LogP contribution in [0.5, 0.6) is 0 Å². The Hall–Kier alpha value is -5.12. The molecule has 0 aliphatic carbocycles. The molecule has 2 amide bonds. The highest BCUT2D eigenvalue weighted by molar-refractivity contribution is 7.89. The van der Waals surface area contributed by atoms with Gasteiger partial charge in [0.15, 0.2) is 0 Å². The third kappa shape index (κ3) is 10.9. The number of furan rings is 1. The van der Waals surface area contributed by atoms with E-state index in [0.29, 0.717) is 22.9 Å². The van der Waals surface area contributed by atoms with Crippen molar-refractivity contribution in [3.05, 3.63) is 148 Å². The monoisotopic (exact) mass is 775 g/mol. The molecular weight excluding hydrogens is 738 g/mol. The fourth-order valence-electron chi connectivity index (χ4n) is 5.21. The highest BCUT2D eigenvalue weighted by atomic mass is 35.5. The molecule has 12 nitrogen and oxygen atoms in total. The van der Waals surface area contributed by atoms with Gasteiger partial charge in [-0.1, -0.05) is 71.8 Å². The number of amides is 2. The van der Waals surface area contributed by atoms with Gasteiger partial charge in [0, 0.05) is 30.7 Å². The summed E-state index contributed by atoms with van der Waals surface area (Å²) in [7, 11) is -8.09. The van der Waals surface area contributed by atoms with E-state index in [4.69, 9.17) is 16.0 Å². The number of carbonyl (C=O) groups is 2. The molecule has 5 rings (SSSR count). The second-order valence-electron chi connectivity index (χ2n) is 12.1. The Morgan fingerprint density at radius 1 is 0.755 bits per heavy atom. The van der Waals surface area contributed by atoms with Crippen molar-refractivity contribution in [3.63, 3.8) is 0 Å². The number of benzene rings is 4. The molecule has 4 aromatic carbocycles. The minimum atomic E-state index is -4.13. The molecule has 0 aliphatic rings. The number of aryl methyl sites for hydroxylation is 1. The van der Waals surface area contributed by atoms with Crippen molar-refractivity contribution in [1.82, 2.24) is 14.0 Å². The van der Waals surface area contributed by atoms with Crippen molar-refractivity contribution in [1.29, 1.82) is 0 Å². The van der Waals surface area contributed by atoms with Crippen LogP contribution in [0.15, 0.2) is 135 Å². The Balaban J connectivity index is 1.27. The average Bonchev–Trinajstić information content (AvgIpc) is 3.58. The van der Waals surface area contributed by atoms with Gasteiger partial charge in [0.2, 0.25) is 26.0 Å². The van der Waals surface area contributed by atoms with Crippen LogP contribution in [0, 0.1) is 6.92 Å². The molecule has 0 aliphatic heterocycles. The van der Waals surface area contributed by atoms with Crippen LogP contribution in [0.2, 0.25) is 5.02 Å². The predicted octanol–water partition coefficient (Wildman–Crippen LogP) is 5.97. The van der Waals surface area contributed by atoms with Gasteiger partial charge in [0.1, 0.15) is 11.5 Å². The largest absolute Gasteiger partial charge is 0.459 e. The van der Waals surface area contributed by atoms with E-state index in [1.165, 1.54) is 66.0 Å². The van der Waals surface area contributed by atoms with E-state index in [1.807, 2.05) is 61.5 Å². The van der Waals surface area contributed by atoms with Crippen molar-refractivity contribution in [3.8, 4) is 0 Å². The Kier molecular flexibility index (Phi) is 13.0. The zero-order chi connectivity index (χ0) is 38.0. The van der Waals surface area contributed by atoms with Crippen LogP contribution >= 0.6 is 11.6 Å². The molecule has 0 bridgehead atoms. The van der Waals surface area contributed by atoms with Gasteiger partial charge in [-0.2, -0.15) is 13.7 Å². The zero-order valence-corrected chi connectivity index (χ0v) is 31.4. The first-order valence-electron chi connectivity index (χ1n) is 16.4. The number of nitrogens with zero attached hydrogens (tertiary/aromatic N) is 3. The van der Waals surface area contributed by atoms with E-state index in [2.05, 4.69) is 15.8 Å². The summed E-state index contributed by atoms with van der Waals surface area (Å²) in [5.41, 5.74) is 5.50. The number of halogens is 1. The lowest BCUT2D eigenvalue weighted by Crippen LogP contribution is -2.40. The Labute approximate surface area is 314 Å². The molecule has 0 saturated heterocycles. The molecule has 0 unspecified atom stereocenters. The summed E-state index contributed by atoms with van der Waals surface area (Å²) in [5.74, 6) is -0.439. The lowest BCUT2D eigenvalue weighted by atomic mass is 10.1. The number of rotatable bonds is 16. The van der Waals surface area contributed by atoms with Gasteiger partial charge in [0.05, 0.1) is 29.1 Å². The predicted molar refractivity (Wildman–Crippen MR) is 203 cm³/mol. The maximum Gasteiger partial charge on any atom is 0.255 e. The second kappa shape index (κ2) is 17.6. The van der Waals surface area contributed by atoms with E-state index in [9.17, 15) is 26.4 Å². The zero-order valence-electron chi connectivity index (χ0n) is 29.0. The van der Waals surface area contributed by atoms with Crippen LogP contribution in [0.4, 0.5) is 5.69 Å². The van der Waals surface area contributed by atoms with Crippen molar-refractivity contribution in [2.24, 2.45) is 5.10 Å². The highest BCUT2D eigenvalue weighted by Crippen LogP contribution is 2.24. The minimum absolute atomic E-state index is 0.0104. The summed E-state index contributed by atoms with van der Waals surface area (Å²) in [6.07, 6.45) is 1.59. The Morgan fingerprint density at radius 3 is 2.02 bits per heavy atom. The van der Waals surface area contributed by atoms with Gasteiger partial charge < -0.3 is 9.73 Å². The molecule has 2 N–H and O–H groups in total. The number of anilines is 1. The normalized spacial score (nSPS) is 12.0. The molecule has 0 fully saturated rings. The molecule has 276 valence electrons. The van der Waals surface area contributed by atoms with Crippen LogP contribution in [0.25, 0.3) is 0 Å². The maximum absolute atomic E-state index is 13.7. The van der Waals surface area contributed by atoms with Crippen molar-refractivity contribution < 1.29 is 30.8 Å². The summed E-state index contributed by atoms with van der Waals surface area (Å²) in [6.45, 7) is 2.76. The summed E-state index contributed by atoms with van der Waals surface area (Å²) in [4.78, 5) is 24.5. The lowest BCUT2D eigenvalue weighted by Gasteiger charge is -2.21. The number of hydrazone groups is 1. The molecule has 0 radical (unpaired) electrons. The van der Waals surface area contributed by atoms with Gasteiger partial charge >= 0.3 is 0 Å². The van der Waals surface area contributed by atoms with Crippen molar-refractivity contribution >= 4 is 55.4 Å². The number of hydrogen-bond donors (Lipinski definition) is 2. The molecule has 15 heteroatoms. The van der Waals surface area contributed by atoms with Gasteiger partial charge in [-0.15, -0.1) is 0 Å². The van der Waals surface area contributed by atoms with Gasteiger partial charge in [-0.05, 0) is 85.1 Å². The fourth-order valence-corrected chi connectivity index (χ4v) is 8.13. The van der Waals surface area contributed by atoms with E-state index in [0.717, 1.165) is 21.0 Å². The third-order valence-corrected chi connectivity index (χ3v) is 11.9. The summed E-state index contributed by atoms with van der Waals surface area (Å²) in [5, 5.41) is 6.96. The smallest absolute Gasteiger partial charge is 0.255 e. The molecule has 53 heavy (non-hydrogen) atoms. The number of sulfonamides is 2. The number of carbonyl (C=O) groups excluding carboxylic acids is 2. The van der Waals surface area contributed by atoms with Crippen molar-refractivity contribution in [2.75, 3.05) is 18.4 Å². The lowest BCUT2D eigenvalue weighted by molar-refractivity contribution is -0.121. The van der Waals surface area contributed by atoms with Crippen LogP contribution in [0.1, 0.15) is 35.1 Å². The van der Waals surface area contributed by atoms with Gasteiger partial charge in [0.25, 0.3) is 5.91 Å². The molecule has 0 saturated carbocycles. The highest BCUT2D eigenvalue weighted by Gasteiger charge is 2.28. The number of nitrogens with one attached hydrogen (secondary N) is 2. The molecule has 0 atom stereocenters. The van der Waals surface area contributed by atoms with E-state index in [-0.39, 0.29) is 41.1 Å². The SMILES string of the molecule is CC(=O)Nc1ccc(S(=O)(=O)N(CCc2ccccc2)CC(=O)N/N=C\c2ccc(CN(Cc3ccc(C)cc3)S(=O)(=O)c3ccc(Cl)cc3)o2)cc1. The number of hydrogen-bond acceptors (Lipinski definition) is 8. The van der Waals surface area contributed by atoms with E-state index >= 15 is 0 Å². The first-order chi connectivity index (χ1) is 25.3. The summed E-state index contributed by atoms with van der Waals surface area (Å²) >= 11 is 6.00. The maximum atomic E-state index is 13.7. The summed E-state index contributed by atoms with van der Waals surface area (Å²) in [6, 6.07) is 31.6. The average molecular weight is 776 g/mol. The second-order valence-corrected chi connectivity index (χ2v) is 16.4. The van der Waals surface area contributed by atoms with E-state index < -0.39 is 32.5 Å². The van der Waals surface area contributed by atoms with Crippen LogP contribution in [0.3, 0.4) is 0 Å². The van der Waals surface area contributed by atoms with Crippen LogP contribution in [-0.4, -0.2) is 56.6 Å². The molecular formula is C38H38ClN5O7S2. The molecule has 1 heterocycles. The quantitative estimate of drug-likeness (QED) is 0.0923. The van der Waals surface area contributed by atoms with Crippen LogP contribution < -0.4 is 10.7 Å². The van der Waals surface area contributed by atoms with E-state index in [1.54, 1.807) is 12.1 Å². The Bertz CT molecular complexity index is 2260. The fraction of sp³-hybridized carbons (Fsp3) is 0.184. The molecule has 5 aromatic rings. The standard InChI is InChI=1S/C38H38ClN5O7S2/c1-28-8-10-31(11-9-28)25-44(53(49,50)36-18-12-32(39)13-19-36)26-35-17-16-34(51-35)24-40-42-38(46)27-43(23-22-30-6-4-3-5-7-30)52(47,48)37-20-14-33(15-21-37)41-29(2)45/h3-21,24H,22-23,25-27H2,1-2H3,(H,41,45)(H,42,46)/b40-24-. The van der Waals surface area contributed by atoms with Crippen molar-refractivity contribution in [2.45, 2.75) is 43.1 Å². The molecule has 0 spiro atoms. The minimum Gasteiger partial charge on any atom is -0.459 e.